The van der Waals surface area contributed by atoms with Crippen LogP contribution in [0.4, 0.5) is 11.4 Å². The van der Waals surface area contributed by atoms with E-state index in [9.17, 15) is 9.59 Å². The Balaban J connectivity index is 1.93. The van der Waals surface area contributed by atoms with E-state index in [2.05, 4.69) is 16.0 Å². The van der Waals surface area contributed by atoms with Crippen LogP contribution in [0.2, 0.25) is 0 Å². The van der Waals surface area contributed by atoms with E-state index in [0.717, 1.165) is 31.4 Å². The third-order valence-corrected chi connectivity index (χ3v) is 4.33. The van der Waals surface area contributed by atoms with Gasteiger partial charge in [0.1, 0.15) is 0 Å². The highest BCUT2D eigenvalue weighted by Crippen LogP contribution is 2.25. The monoisotopic (exact) mass is 317 g/mol. The van der Waals surface area contributed by atoms with Gasteiger partial charge in [0.25, 0.3) is 0 Å². The average Bonchev–Trinajstić information content (AvgIpc) is 2.56. The summed E-state index contributed by atoms with van der Waals surface area (Å²) < 4.78 is 0. The Kier molecular flexibility index (Phi) is 6.59. The molecule has 1 fully saturated rings. The van der Waals surface area contributed by atoms with E-state index >= 15 is 0 Å². The molecule has 1 aliphatic carbocycles. The van der Waals surface area contributed by atoms with E-state index in [-0.39, 0.29) is 23.7 Å². The van der Waals surface area contributed by atoms with Crippen LogP contribution in [0.15, 0.2) is 24.3 Å². The van der Waals surface area contributed by atoms with Crippen LogP contribution in [-0.2, 0) is 9.59 Å². The van der Waals surface area contributed by atoms with Crippen LogP contribution >= 0.6 is 0 Å². The molecule has 2 rings (SSSR count). The number of carbonyl (C=O) groups is 2. The van der Waals surface area contributed by atoms with Crippen LogP contribution in [0.3, 0.4) is 0 Å². The van der Waals surface area contributed by atoms with Gasteiger partial charge in [-0.2, -0.15) is 0 Å². The zero-order valence-electron chi connectivity index (χ0n) is 14.0. The highest BCUT2D eigenvalue weighted by atomic mass is 16.2. The van der Waals surface area contributed by atoms with E-state index in [1.807, 2.05) is 38.2 Å². The lowest BCUT2D eigenvalue weighted by Gasteiger charge is -2.21. The van der Waals surface area contributed by atoms with Crippen molar-refractivity contribution in [2.45, 2.75) is 39.0 Å². The number of benzene rings is 1. The molecule has 1 aromatic rings. The normalized spacial score (nSPS) is 16.6. The van der Waals surface area contributed by atoms with Crippen LogP contribution in [0.5, 0.6) is 0 Å². The maximum atomic E-state index is 12.3. The van der Waals surface area contributed by atoms with Gasteiger partial charge in [-0.1, -0.05) is 32.3 Å². The SMILES string of the molecule is CNCC(C)C(=O)Nc1cccc(NC(=O)C2CCCCC2)c1. The number of rotatable bonds is 6. The Bertz CT molecular complexity index is 539. The zero-order chi connectivity index (χ0) is 16.7. The Morgan fingerprint density at radius 3 is 2.43 bits per heavy atom. The van der Waals surface area contributed by atoms with Crippen LogP contribution in [-0.4, -0.2) is 25.4 Å². The smallest absolute Gasteiger partial charge is 0.228 e. The summed E-state index contributed by atoms with van der Waals surface area (Å²) in [5.41, 5.74) is 1.44. The van der Waals surface area contributed by atoms with Crippen molar-refractivity contribution in [2.24, 2.45) is 11.8 Å². The van der Waals surface area contributed by atoms with Gasteiger partial charge in [0.05, 0.1) is 0 Å². The standard InChI is InChI=1S/C18H27N3O2/c1-13(12-19-2)17(22)20-15-9-6-10-16(11-15)21-18(23)14-7-4-3-5-8-14/h6,9-11,13-14,19H,3-5,7-8,12H2,1-2H3,(H,20,22)(H,21,23). The van der Waals surface area contributed by atoms with Crippen molar-refractivity contribution in [1.82, 2.24) is 5.32 Å². The summed E-state index contributed by atoms with van der Waals surface area (Å²) in [4.78, 5) is 24.3. The van der Waals surface area contributed by atoms with Gasteiger partial charge in [0, 0.05) is 29.8 Å². The van der Waals surface area contributed by atoms with Gasteiger partial charge in [-0.05, 0) is 38.1 Å². The molecule has 0 radical (unpaired) electrons. The second kappa shape index (κ2) is 8.67. The molecule has 1 aliphatic rings. The summed E-state index contributed by atoms with van der Waals surface area (Å²) in [6, 6.07) is 7.34. The summed E-state index contributed by atoms with van der Waals surface area (Å²) in [6.07, 6.45) is 5.46. The molecule has 1 saturated carbocycles. The van der Waals surface area contributed by atoms with Crippen LogP contribution in [0, 0.1) is 11.8 Å². The number of hydrogen-bond donors (Lipinski definition) is 3. The summed E-state index contributed by atoms with van der Waals surface area (Å²) in [7, 11) is 1.82. The number of anilines is 2. The van der Waals surface area contributed by atoms with Crippen molar-refractivity contribution in [1.29, 1.82) is 0 Å². The van der Waals surface area contributed by atoms with Gasteiger partial charge in [-0.25, -0.2) is 0 Å². The topological polar surface area (TPSA) is 70.2 Å². The Morgan fingerprint density at radius 2 is 1.78 bits per heavy atom. The molecule has 1 unspecified atom stereocenters. The third-order valence-electron chi connectivity index (χ3n) is 4.33. The average molecular weight is 317 g/mol. The lowest BCUT2D eigenvalue weighted by molar-refractivity contribution is -0.121. The van der Waals surface area contributed by atoms with Gasteiger partial charge in [-0.3, -0.25) is 9.59 Å². The fraction of sp³-hybridized carbons (Fsp3) is 0.556. The molecule has 0 spiro atoms. The highest BCUT2D eigenvalue weighted by Gasteiger charge is 2.21. The minimum Gasteiger partial charge on any atom is -0.326 e. The fourth-order valence-electron chi connectivity index (χ4n) is 2.95. The summed E-state index contributed by atoms with van der Waals surface area (Å²) >= 11 is 0. The first kappa shape index (κ1) is 17.5. The summed E-state index contributed by atoms with van der Waals surface area (Å²) in [6.45, 7) is 2.50. The van der Waals surface area contributed by atoms with Crippen molar-refractivity contribution in [3.63, 3.8) is 0 Å². The molecule has 0 aliphatic heterocycles. The largest absolute Gasteiger partial charge is 0.326 e. The molecular formula is C18H27N3O2. The predicted octanol–water partition coefficient (Wildman–Crippen LogP) is 3.00. The fourth-order valence-corrected chi connectivity index (χ4v) is 2.95. The maximum absolute atomic E-state index is 12.3. The van der Waals surface area contributed by atoms with Crippen molar-refractivity contribution in [2.75, 3.05) is 24.2 Å². The highest BCUT2D eigenvalue weighted by molar-refractivity contribution is 5.95. The molecule has 23 heavy (non-hydrogen) atoms. The number of nitrogens with one attached hydrogen (secondary N) is 3. The minimum atomic E-state index is -0.111. The number of carbonyl (C=O) groups excluding carboxylic acids is 2. The van der Waals surface area contributed by atoms with Crippen LogP contribution in [0.1, 0.15) is 39.0 Å². The number of hydrogen-bond acceptors (Lipinski definition) is 3. The van der Waals surface area contributed by atoms with E-state index in [1.165, 1.54) is 6.42 Å². The predicted molar refractivity (Wildman–Crippen MR) is 93.4 cm³/mol. The molecular weight excluding hydrogens is 290 g/mol. The van der Waals surface area contributed by atoms with Gasteiger partial charge in [0.2, 0.25) is 11.8 Å². The maximum Gasteiger partial charge on any atom is 0.228 e. The second-order valence-corrected chi connectivity index (χ2v) is 6.35. The molecule has 3 N–H and O–H groups in total. The Labute approximate surface area is 138 Å². The summed E-state index contributed by atoms with van der Waals surface area (Å²) in [5, 5.41) is 8.86. The van der Waals surface area contributed by atoms with Gasteiger partial charge >= 0.3 is 0 Å². The molecule has 1 aromatic carbocycles. The Hall–Kier alpha value is -1.88. The van der Waals surface area contributed by atoms with Gasteiger partial charge in [-0.15, -0.1) is 0 Å². The van der Waals surface area contributed by atoms with Gasteiger partial charge < -0.3 is 16.0 Å². The molecule has 5 nitrogen and oxygen atoms in total. The first-order valence-corrected chi connectivity index (χ1v) is 8.46. The van der Waals surface area contributed by atoms with E-state index in [4.69, 9.17) is 0 Å². The molecule has 0 aromatic heterocycles. The third kappa shape index (κ3) is 5.36. The molecule has 2 amide bonds. The van der Waals surface area contributed by atoms with E-state index in [1.54, 1.807) is 0 Å². The Morgan fingerprint density at radius 1 is 1.13 bits per heavy atom. The van der Waals surface area contributed by atoms with Crippen molar-refractivity contribution in [3.8, 4) is 0 Å². The van der Waals surface area contributed by atoms with E-state index in [0.29, 0.717) is 12.2 Å². The van der Waals surface area contributed by atoms with Crippen LogP contribution < -0.4 is 16.0 Å². The molecule has 0 heterocycles. The molecule has 1 atom stereocenters. The molecule has 0 bridgehead atoms. The first-order chi connectivity index (χ1) is 11.1. The second-order valence-electron chi connectivity index (χ2n) is 6.35. The van der Waals surface area contributed by atoms with Gasteiger partial charge in [0.15, 0.2) is 0 Å². The zero-order valence-corrected chi connectivity index (χ0v) is 14.0. The lowest BCUT2D eigenvalue weighted by Crippen LogP contribution is -2.28. The first-order valence-electron chi connectivity index (χ1n) is 8.46. The van der Waals surface area contributed by atoms with Crippen molar-refractivity contribution < 1.29 is 9.59 Å². The van der Waals surface area contributed by atoms with Crippen molar-refractivity contribution >= 4 is 23.2 Å². The minimum absolute atomic E-state index is 0.0323. The molecule has 5 heteroatoms. The van der Waals surface area contributed by atoms with Crippen LogP contribution in [0.25, 0.3) is 0 Å². The quantitative estimate of drug-likeness (QED) is 0.755. The molecule has 126 valence electrons. The lowest BCUT2D eigenvalue weighted by atomic mass is 9.88. The summed E-state index contributed by atoms with van der Waals surface area (Å²) in [5.74, 6) is 0.0740. The number of amides is 2. The molecule has 0 saturated heterocycles. The van der Waals surface area contributed by atoms with Crippen molar-refractivity contribution in [3.05, 3.63) is 24.3 Å². The van der Waals surface area contributed by atoms with E-state index < -0.39 is 0 Å².